The molecule has 1 aliphatic rings. The molecule has 1 aliphatic heterocycles. The number of nitrogens with one attached hydrogen (secondary N) is 1. The van der Waals surface area contributed by atoms with Crippen molar-refractivity contribution < 1.29 is 0 Å². The zero-order valence-corrected chi connectivity index (χ0v) is 13.6. The Hall–Kier alpha value is -0.130. The third-order valence-electron chi connectivity index (χ3n) is 3.49. The van der Waals surface area contributed by atoms with E-state index in [0.29, 0.717) is 6.04 Å². The summed E-state index contributed by atoms with van der Waals surface area (Å²) in [5, 5.41) is 4.47. The first-order valence-electron chi connectivity index (χ1n) is 7.27. The smallest absolute Gasteiger partial charge is 0.110 e. The van der Waals surface area contributed by atoms with Crippen LogP contribution in [0.3, 0.4) is 0 Å². The van der Waals surface area contributed by atoms with Crippen molar-refractivity contribution >= 4 is 23.5 Å². The van der Waals surface area contributed by atoms with Gasteiger partial charge in [-0.15, -0.1) is 0 Å². The van der Waals surface area contributed by atoms with Crippen molar-refractivity contribution in [1.29, 1.82) is 0 Å². The zero-order valence-electron chi connectivity index (χ0n) is 12.0. The highest BCUT2D eigenvalue weighted by atomic mass is 32.2. The number of hydrogen-bond donors (Lipinski definition) is 1. The van der Waals surface area contributed by atoms with Crippen LogP contribution in [-0.2, 0) is 13.0 Å². The summed E-state index contributed by atoms with van der Waals surface area (Å²) < 4.78 is 2.27. The fourth-order valence-electron chi connectivity index (χ4n) is 2.42. The maximum atomic E-state index is 4.54. The van der Waals surface area contributed by atoms with Crippen LogP contribution in [0.1, 0.15) is 26.1 Å². The molecule has 108 valence electrons. The monoisotopic (exact) mass is 299 g/mol. The first kappa shape index (κ1) is 15.3. The molecule has 2 unspecified atom stereocenters. The molecule has 0 aliphatic carbocycles. The van der Waals surface area contributed by atoms with Crippen molar-refractivity contribution in [1.82, 2.24) is 14.9 Å². The second kappa shape index (κ2) is 8.22. The Labute approximate surface area is 125 Å². The summed E-state index contributed by atoms with van der Waals surface area (Å²) in [6.07, 6.45) is 6.27. The van der Waals surface area contributed by atoms with E-state index in [2.05, 4.69) is 58.4 Å². The molecule has 19 heavy (non-hydrogen) atoms. The maximum Gasteiger partial charge on any atom is 0.110 e. The lowest BCUT2D eigenvalue weighted by Gasteiger charge is -2.30. The van der Waals surface area contributed by atoms with Crippen LogP contribution in [0.4, 0.5) is 0 Å². The summed E-state index contributed by atoms with van der Waals surface area (Å²) in [5.41, 5.74) is 0. The van der Waals surface area contributed by atoms with Crippen molar-refractivity contribution in [2.45, 2.75) is 44.5 Å². The van der Waals surface area contributed by atoms with E-state index in [1.165, 1.54) is 29.5 Å². The Morgan fingerprint density at radius 2 is 2.37 bits per heavy atom. The third kappa shape index (κ3) is 4.43. The molecule has 0 spiro atoms. The van der Waals surface area contributed by atoms with Crippen LogP contribution in [0.2, 0.25) is 0 Å². The molecule has 0 radical (unpaired) electrons. The van der Waals surface area contributed by atoms with Gasteiger partial charge in [0.05, 0.1) is 0 Å². The fourth-order valence-corrected chi connectivity index (χ4v) is 5.31. The molecule has 0 aromatic carbocycles. The van der Waals surface area contributed by atoms with Gasteiger partial charge in [-0.3, -0.25) is 0 Å². The molecule has 3 nitrogen and oxygen atoms in total. The van der Waals surface area contributed by atoms with Gasteiger partial charge in [0, 0.05) is 53.9 Å². The normalized spacial score (nSPS) is 21.5. The predicted octanol–water partition coefficient (Wildman–Crippen LogP) is 2.66. The van der Waals surface area contributed by atoms with Gasteiger partial charge in [-0.1, -0.05) is 6.92 Å². The summed E-state index contributed by atoms with van der Waals surface area (Å²) in [5.74, 6) is 5.11. The molecular weight excluding hydrogens is 274 g/mol. The second-order valence-corrected chi connectivity index (χ2v) is 7.38. The Morgan fingerprint density at radius 1 is 1.47 bits per heavy atom. The van der Waals surface area contributed by atoms with Gasteiger partial charge in [-0.05, 0) is 19.9 Å². The van der Waals surface area contributed by atoms with Crippen molar-refractivity contribution in [3.8, 4) is 0 Å². The summed E-state index contributed by atoms with van der Waals surface area (Å²) >= 11 is 4.24. The minimum atomic E-state index is 0.561. The van der Waals surface area contributed by atoms with Crippen molar-refractivity contribution in [2.24, 2.45) is 0 Å². The number of imidazole rings is 1. The molecule has 0 saturated carbocycles. The van der Waals surface area contributed by atoms with Crippen molar-refractivity contribution in [2.75, 3.05) is 23.8 Å². The molecule has 0 bridgehead atoms. The lowest BCUT2D eigenvalue weighted by Crippen LogP contribution is -2.43. The molecule has 1 fully saturated rings. The van der Waals surface area contributed by atoms with Crippen LogP contribution in [0.15, 0.2) is 12.4 Å². The molecule has 5 heteroatoms. The topological polar surface area (TPSA) is 29.9 Å². The van der Waals surface area contributed by atoms with E-state index >= 15 is 0 Å². The fraction of sp³-hybridized carbons (Fsp3) is 0.786. The standard InChI is InChI=1S/C14H25N3S2/c1-3-5-15-12(13-11-18-8-9-19-13)10-14-16-6-7-17(14)4-2/h6-7,12-13,15H,3-5,8-11H2,1-2H3. The summed E-state index contributed by atoms with van der Waals surface area (Å²) in [6.45, 7) is 6.55. The highest BCUT2D eigenvalue weighted by Gasteiger charge is 2.25. The van der Waals surface area contributed by atoms with Crippen molar-refractivity contribution in [3.05, 3.63) is 18.2 Å². The largest absolute Gasteiger partial charge is 0.335 e. The van der Waals surface area contributed by atoms with E-state index in [1.807, 2.05) is 6.20 Å². The number of thioether (sulfide) groups is 2. The lowest BCUT2D eigenvalue weighted by molar-refractivity contribution is 0.486. The molecule has 1 N–H and O–H groups in total. The Kier molecular flexibility index (Phi) is 6.61. The molecule has 1 aromatic rings. The summed E-state index contributed by atoms with van der Waals surface area (Å²) in [7, 11) is 0. The minimum absolute atomic E-state index is 0.561. The SMILES string of the molecule is CCCNC(Cc1nccn1CC)C1CSCCS1. The average molecular weight is 300 g/mol. The van der Waals surface area contributed by atoms with Gasteiger partial charge >= 0.3 is 0 Å². The minimum Gasteiger partial charge on any atom is -0.335 e. The van der Waals surface area contributed by atoms with E-state index in [1.54, 1.807) is 0 Å². The van der Waals surface area contributed by atoms with Gasteiger partial charge in [0.2, 0.25) is 0 Å². The second-order valence-electron chi connectivity index (χ2n) is 4.88. The predicted molar refractivity (Wildman–Crippen MR) is 87.3 cm³/mol. The van der Waals surface area contributed by atoms with Crippen LogP contribution in [-0.4, -0.2) is 44.6 Å². The highest BCUT2D eigenvalue weighted by Crippen LogP contribution is 2.27. The van der Waals surface area contributed by atoms with Gasteiger partial charge in [0.25, 0.3) is 0 Å². The van der Waals surface area contributed by atoms with Gasteiger partial charge < -0.3 is 9.88 Å². The molecule has 2 heterocycles. The molecule has 1 saturated heterocycles. The van der Waals surface area contributed by atoms with E-state index in [4.69, 9.17) is 0 Å². The van der Waals surface area contributed by atoms with Crippen LogP contribution < -0.4 is 5.32 Å². The number of aryl methyl sites for hydroxylation is 1. The van der Waals surface area contributed by atoms with E-state index in [9.17, 15) is 0 Å². The molecule has 0 amide bonds. The Morgan fingerprint density at radius 3 is 3.05 bits per heavy atom. The average Bonchev–Trinajstić information content (AvgIpc) is 2.91. The number of hydrogen-bond acceptors (Lipinski definition) is 4. The first-order chi connectivity index (χ1) is 9.35. The van der Waals surface area contributed by atoms with Crippen molar-refractivity contribution in [3.63, 3.8) is 0 Å². The van der Waals surface area contributed by atoms with Gasteiger partial charge in [0.1, 0.15) is 5.82 Å². The third-order valence-corrected chi connectivity index (χ3v) is 6.41. The van der Waals surface area contributed by atoms with E-state index < -0.39 is 0 Å². The van der Waals surface area contributed by atoms with E-state index in [0.717, 1.165) is 24.8 Å². The molecule has 1 aromatic heterocycles. The van der Waals surface area contributed by atoms with E-state index in [-0.39, 0.29) is 0 Å². The first-order valence-corrected chi connectivity index (χ1v) is 9.48. The van der Waals surface area contributed by atoms with Gasteiger partial charge in [-0.2, -0.15) is 23.5 Å². The van der Waals surface area contributed by atoms with Gasteiger partial charge in [-0.25, -0.2) is 4.98 Å². The van der Waals surface area contributed by atoms with Crippen LogP contribution in [0, 0.1) is 0 Å². The number of rotatable bonds is 7. The van der Waals surface area contributed by atoms with Gasteiger partial charge in [0.15, 0.2) is 0 Å². The van der Waals surface area contributed by atoms with Crippen LogP contribution in [0.25, 0.3) is 0 Å². The quantitative estimate of drug-likeness (QED) is 0.838. The highest BCUT2D eigenvalue weighted by molar-refractivity contribution is 8.06. The van der Waals surface area contributed by atoms with Crippen LogP contribution in [0.5, 0.6) is 0 Å². The summed E-state index contributed by atoms with van der Waals surface area (Å²) in [4.78, 5) is 4.54. The Bertz CT molecular complexity index is 361. The Balaban J connectivity index is 1.99. The molecule has 2 rings (SSSR count). The number of aromatic nitrogens is 2. The van der Waals surface area contributed by atoms with Crippen LogP contribution >= 0.6 is 23.5 Å². The summed E-state index contributed by atoms with van der Waals surface area (Å²) in [6, 6.07) is 0.561. The zero-order chi connectivity index (χ0) is 13.5. The molecular formula is C14H25N3S2. The number of nitrogens with zero attached hydrogens (tertiary/aromatic N) is 2. The maximum absolute atomic E-state index is 4.54. The molecule has 2 atom stereocenters. The lowest BCUT2D eigenvalue weighted by atomic mass is 10.1.